The van der Waals surface area contributed by atoms with Gasteiger partial charge in [0.1, 0.15) is 5.82 Å². The molecule has 5 heteroatoms. The van der Waals surface area contributed by atoms with Crippen molar-refractivity contribution >= 4 is 45.2 Å². The van der Waals surface area contributed by atoms with Crippen LogP contribution in [0.15, 0.2) is 29.1 Å². The van der Waals surface area contributed by atoms with E-state index in [-0.39, 0.29) is 5.56 Å². The highest BCUT2D eigenvalue weighted by molar-refractivity contribution is 14.1. The van der Waals surface area contributed by atoms with E-state index in [4.69, 9.17) is 0 Å². The molecule has 3 nitrogen and oxygen atoms in total. The maximum Gasteiger partial charge on any atom is 0.264 e. The second kappa shape index (κ2) is 4.92. The zero-order chi connectivity index (χ0) is 12.7. The van der Waals surface area contributed by atoms with Crippen LogP contribution >= 0.6 is 45.2 Å². The zero-order valence-electron chi connectivity index (χ0n) is 9.41. The summed E-state index contributed by atoms with van der Waals surface area (Å²) in [5.74, 6) is 1.17. The van der Waals surface area contributed by atoms with E-state index in [0.717, 1.165) is 27.7 Å². The number of benzene rings is 1. The summed E-state index contributed by atoms with van der Waals surface area (Å²) in [6.45, 7) is 0. The summed E-state index contributed by atoms with van der Waals surface area (Å²) in [6.07, 6.45) is 2.30. The van der Waals surface area contributed by atoms with Crippen molar-refractivity contribution in [2.45, 2.75) is 18.8 Å². The molecule has 0 spiro atoms. The van der Waals surface area contributed by atoms with Crippen LogP contribution in [-0.4, -0.2) is 9.97 Å². The molecule has 1 aliphatic carbocycles. The number of halogens is 2. The highest BCUT2D eigenvalue weighted by Crippen LogP contribution is 2.40. The van der Waals surface area contributed by atoms with Gasteiger partial charge in [-0.15, -0.1) is 0 Å². The van der Waals surface area contributed by atoms with E-state index in [9.17, 15) is 4.79 Å². The van der Waals surface area contributed by atoms with Crippen LogP contribution < -0.4 is 5.56 Å². The van der Waals surface area contributed by atoms with Gasteiger partial charge in [-0.1, -0.05) is 12.1 Å². The number of hydrogen-bond acceptors (Lipinski definition) is 2. The predicted molar refractivity (Wildman–Crippen MR) is 87.7 cm³/mol. The second-order valence-electron chi connectivity index (χ2n) is 4.39. The number of H-pyrrole nitrogens is 1. The average molecular weight is 464 g/mol. The largest absolute Gasteiger partial charge is 0.306 e. The highest BCUT2D eigenvalue weighted by atomic mass is 127. The molecule has 18 heavy (non-hydrogen) atoms. The molecule has 1 saturated carbocycles. The fraction of sp³-hybridized carbons (Fsp3) is 0.231. The highest BCUT2D eigenvalue weighted by Gasteiger charge is 2.28. The SMILES string of the molecule is O=c1[nH]c(-c2ccc(I)cc2)nc(C2CC2)c1I. The topological polar surface area (TPSA) is 45.8 Å². The van der Waals surface area contributed by atoms with Gasteiger partial charge in [0.25, 0.3) is 5.56 Å². The molecule has 0 atom stereocenters. The molecule has 0 radical (unpaired) electrons. The predicted octanol–water partition coefficient (Wildman–Crippen LogP) is 3.52. The number of aromatic nitrogens is 2. The Bertz CT molecular complexity index is 645. The van der Waals surface area contributed by atoms with Gasteiger partial charge in [-0.3, -0.25) is 4.79 Å². The van der Waals surface area contributed by atoms with Gasteiger partial charge in [0.2, 0.25) is 0 Å². The molecule has 1 aromatic heterocycles. The van der Waals surface area contributed by atoms with Crippen LogP contribution in [0.25, 0.3) is 11.4 Å². The molecule has 0 aliphatic heterocycles. The second-order valence-corrected chi connectivity index (χ2v) is 6.72. The molecule has 0 saturated heterocycles. The van der Waals surface area contributed by atoms with Gasteiger partial charge < -0.3 is 4.98 Å². The smallest absolute Gasteiger partial charge is 0.264 e. The number of aromatic amines is 1. The van der Waals surface area contributed by atoms with Crippen LogP contribution in [-0.2, 0) is 0 Å². The molecule has 0 amide bonds. The minimum absolute atomic E-state index is 0.0268. The van der Waals surface area contributed by atoms with Crippen LogP contribution in [0.1, 0.15) is 24.5 Å². The van der Waals surface area contributed by atoms with Gasteiger partial charge in [-0.05, 0) is 70.2 Å². The Hall–Kier alpha value is -0.440. The Balaban J connectivity index is 2.12. The first-order chi connectivity index (χ1) is 8.65. The van der Waals surface area contributed by atoms with Crippen LogP contribution in [0.4, 0.5) is 0 Å². The third-order valence-corrected chi connectivity index (χ3v) is 4.73. The van der Waals surface area contributed by atoms with Crippen molar-refractivity contribution in [3.05, 3.63) is 47.5 Å². The fourth-order valence-electron chi connectivity index (χ4n) is 1.85. The van der Waals surface area contributed by atoms with E-state index in [1.54, 1.807) is 0 Å². The van der Waals surface area contributed by atoms with Crippen molar-refractivity contribution in [2.75, 3.05) is 0 Å². The normalized spacial score (nSPS) is 14.8. The molecule has 0 unspecified atom stereocenters. The van der Waals surface area contributed by atoms with E-state index in [1.165, 1.54) is 3.57 Å². The van der Waals surface area contributed by atoms with Crippen LogP contribution in [0.3, 0.4) is 0 Å². The van der Waals surface area contributed by atoms with Gasteiger partial charge in [0, 0.05) is 15.1 Å². The summed E-state index contributed by atoms with van der Waals surface area (Å²) < 4.78 is 1.91. The third-order valence-electron chi connectivity index (χ3n) is 2.97. The standard InChI is InChI=1S/C13H10I2N2O/c14-9-5-3-8(4-6-9)12-16-11(7-1-2-7)10(15)13(18)17-12/h3-7H,1-2H2,(H,16,17,18). The summed E-state index contributed by atoms with van der Waals surface area (Å²) >= 11 is 4.36. The lowest BCUT2D eigenvalue weighted by atomic mass is 10.2. The number of hydrogen-bond donors (Lipinski definition) is 1. The number of rotatable bonds is 2. The first-order valence-electron chi connectivity index (χ1n) is 5.71. The van der Waals surface area contributed by atoms with E-state index in [2.05, 4.69) is 55.1 Å². The Morgan fingerprint density at radius 3 is 2.44 bits per heavy atom. The van der Waals surface area contributed by atoms with Crippen LogP contribution in [0, 0.1) is 7.14 Å². The molecule has 2 aromatic rings. The molecular formula is C13H10I2N2O. The van der Waals surface area contributed by atoms with Crippen molar-refractivity contribution in [1.82, 2.24) is 9.97 Å². The summed E-state index contributed by atoms with van der Waals surface area (Å²) in [4.78, 5) is 19.4. The number of nitrogens with one attached hydrogen (secondary N) is 1. The molecule has 1 aromatic carbocycles. The molecule has 0 bridgehead atoms. The van der Waals surface area contributed by atoms with Gasteiger partial charge in [-0.2, -0.15) is 0 Å². The maximum absolute atomic E-state index is 11.9. The van der Waals surface area contributed by atoms with E-state index < -0.39 is 0 Å². The lowest BCUT2D eigenvalue weighted by molar-refractivity contribution is 0.958. The minimum Gasteiger partial charge on any atom is -0.306 e. The molecule has 1 N–H and O–H groups in total. The van der Waals surface area contributed by atoms with E-state index in [1.807, 2.05) is 24.3 Å². The molecular weight excluding hydrogens is 454 g/mol. The molecule has 92 valence electrons. The summed E-state index contributed by atoms with van der Waals surface area (Å²) in [5.41, 5.74) is 1.90. The monoisotopic (exact) mass is 464 g/mol. The first kappa shape index (κ1) is 12.6. The molecule has 1 aliphatic rings. The lowest BCUT2D eigenvalue weighted by Gasteiger charge is -2.06. The summed E-state index contributed by atoms with van der Waals surface area (Å²) in [6, 6.07) is 8.02. The maximum atomic E-state index is 11.9. The Labute approximate surface area is 132 Å². The van der Waals surface area contributed by atoms with E-state index >= 15 is 0 Å². The fourth-order valence-corrected chi connectivity index (χ4v) is 2.90. The quantitative estimate of drug-likeness (QED) is 0.692. The van der Waals surface area contributed by atoms with Crippen molar-refractivity contribution in [2.24, 2.45) is 0 Å². The average Bonchev–Trinajstić information content (AvgIpc) is 3.18. The third kappa shape index (κ3) is 2.47. The Kier molecular flexibility index (Phi) is 3.44. The lowest BCUT2D eigenvalue weighted by Crippen LogP contribution is -2.15. The summed E-state index contributed by atoms with van der Waals surface area (Å²) in [7, 11) is 0. The van der Waals surface area contributed by atoms with Crippen molar-refractivity contribution in [1.29, 1.82) is 0 Å². The van der Waals surface area contributed by atoms with Crippen LogP contribution in [0.5, 0.6) is 0 Å². The minimum atomic E-state index is -0.0268. The molecule has 1 fully saturated rings. The van der Waals surface area contributed by atoms with Crippen molar-refractivity contribution in [3.8, 4) is 11.4 Å². The number of nitrogens with zero attached hydrogens (tertiary/aromatic N) is 1. The van der Waals surface area contributed by atoms with Gasteiger partial charge >= 0.3 is 0 Å². The van der Waals surface area contributed by atoms with Crippen molar-refractivity contribution < 1.29 is 0 Å². The Morgan fingerprint density at radius 2 is 1.83 bits per heavy atom. The summed E-state index contributed by atoms with van der Waals surface area (Å²) in [5, 5.41) is 0. The zero-order valence-corrected chi connectivity index (χ0v) is 13.7. The van der Waals surface area contributed by atoms with Gasteiger partial charge in [0.15, 0.2) is 0 Å². The van der Waals surface area contributed by atoms with Gasteiger partial charge in [-0.25, -0.2) is 4.98 Å². The Morgan fingerprint density at radius 1 is 1.17 bits per heavy atom. The first-order valence-corrected chi connectivity index (χ1v) is 7.86. The van der Waals surface area contributed by atoms with Crippen LogP contribution in [0.2, 0.25) is 0 Å². The molecule has 3 rings (SSSR count). The van der Waals surface area contributed by atoms with Gasteiger partial charge in [0.05, 0.1) is 9.26 Å². The molecule has 1 heterocycles. The van der Waals surface area contributed by atoms with Crippen molar-refractivity contribution in [3.63, 3.8) is 0 Å². The van der Waals surface area contributed by atoms with E-state index in [0.29, 0.717) is 11.7 Å².